The fraction of sp³-hybridized carbons (Fsp3) is 0.588. The van der Waals surface area contributed by atoms with Crippen LogP contribution in [0.4, 0.5) is 0 Å². The van der Waals surface area contributed by atoms with E-state index in [-0.39, 0.29) is 0 Å². The summed E-state index contributed by atoms with van der Waals surface area (Å²) in [4.78, 5) is 4.54. The molecule has 0 bridgehead atoms. The lowest BCUT2D eigenvalue weighted by Gasteiger charge is -2.23. The summed E-state index contributed by atoms with van der Waals surface area (Å²) in [6.07, 6.45) is 7.76. The van der Waals surface area contributed by atoms with Crippen LogP contribution in [-0.2, 0) is 0 Å². The van der Waals surface area contributed by atoms with Crippen LogP contribution in [0.2, 0.25) is 0 Å². The molecule has 0 spiro atoms. The van der Waals surface area contributed by atoms with E-state index in [1.165, 1.54) is 44.1 Å². The molecule has 2 fully saturated rings. The van der Waals surface area contributed by atoms with E-state index >= 15 is 0 Å². The van der Waals surface area contributed by atoms with Crippen LogP contribution >= 0.6 is 0 Å². The molecule has 2 saturated carbocycles. The van der Waals surface area contributed by atoms with Crippen LogP contribution in [-0.4, -0.2) is 18.5 Å². The summed E-state index contributed by atoms with van der Waals surface area (Å²) in [5.41, 5.74) is 7.45. The van der Waals surface area contributed by atoms with Gasteiger partial charge in [-0.2, -0.15) is 0 Å². The van der Waals surface area contributed by atoms with Gasteiger partial charge in [-0.15, -0.1) is 0 Å². The van der Waals surface area contributed by atoms with Crippen molar-refractivity contribution in [3.63, 3.8) is 0 Å². The van der Waals surface area contributed by atoms with E-state index in [1.54, 1.807) is 0 Å². The molecule has 3 nitrogen and oxygen atoms in total. The van der Waals surface area contributed by atoms with Crippen molar-refractivity contribution in [1.82, 2.24) is 5.32 Å². The fourth-order valence-corrected chi connectivity index (χ4v) is 3.28. The molecule has 3 heteroatoms. The lowest BCUT2D eigenvalue weighted by Crippen LogP contribution is -2.41. The quantitative estimate of drug-likeness (QED) is 0.653. The average molecular weight is 271 g/mol. The first-order valence-electron chi connectivity index (χ1n) is 7.94. The number of nitrogens with two attached hydrogens (primary N) is 1. The van der Waals surface area contributed by atoms with Gasteiger partial charge in [-0.1, -0.05) is 49.6 Å². The van der Waals surface area contributed by atoms with E-state index in [1.807, 2.05) is 0 Å². The molecule has 0 heterocycles. The summed E-state index contributed by atoms with van der Waals surface area (Å²) in [5, 5.41) is 3.38. The monoisotopic (exact) mass is 271 g/mol. The molecular weight excluding hydrogens is 246 g/mol. The predicted molar refractivity (Wildman–Crippen MR) is 83.8 cm³/mol. The molecule has 0 aliphatic heterocycles. The van der Waals surface area contributed by atoms with Gasteiger partial charge in [-0.25, -0.2) is 0 Å². The van der Waals surface area contributed by atoms with Crippen LogP contribution in [0.25, 0.3) is 0 Å². The van der Waals surface area contributed by atoms with Crippen LogP contribution in [0.15, 0.2) is 35.3 Å². The lowest BCUT2D eigenvalue weighted by atomic mass is 9.96. The Hall–Kier alpha value is -1.51. The molecular formula is C17H25N3. The number of nitrogens with zero attached hydrogens (tertiary/aromatic N) is 1. The molecule has 1 aromatic carbocycles. The van der Waals surface area contributed by atoms with Crippen molar-refractivity contribution in [1.29, 1.82) is 0 Å². The highest BCUT2D eigenvalue weighted by molar-refractivity contribution is 5.78. The molecule has 2 unspecified atom stereocenters. The normalized spacial score (nSPS) is 27.3. The van der Waals surface area contributed by atoms with Gasteiger partial charge in [0.25, 0.3) is 0 Å². The first-order valence-corrected chi connectivity index (χ1v) is 7.94. The van der Waals surface area contributed by atoms with Crippen molar-refractivity contribution in [2.24, 2.45) is 16.6 Å². The maximum Gasteiger partial charge on any atom is 0.188 e. The van der Waals surface area contributed by atoms with Crippen molar-refractivity contribution in [3.8, 4) is 0 Å². The molecule has 3 rings (SSSR count). The number of nitrogens with one attached hydrogen (secondary N) is 1. The SMILES string of the molecule is NC(=NCC1CC1c1ccccc1)NC1CCCCC1. The smallest absolute Gasteiger partial charge is 0.188 e. The highest BCUT2D eigenvalue weighted by Gasteiger charge is 2.37. The van der Waals surface area contributed by atoms with Crippen LogP contribution in [0.3, 0.4) is 0 Å². The number of guanidine groups is 1. The second-order valence-corrected chi connectivity index (χ2v) is 6.22. The molecule has 2 atom stereocenters. The van der Waals surface area contributed by atoms with Gasteiger partial charge in [0.1, 0.15) is 0 Å². The molecule has 0 radical (unpaired) electrons. The Balaban J connectivity index is 1.44. The third-order valence-corrected chi connectivity index (χ3v) is 4.60. The van der Waals surface area contributed by atoms with E-state index in [0.29, 0.717) is 23.8 Å². The summed E-state index contributed by atoms with van der Waals surface area (Å²) in [6, 6.07) is 11.3. The second-order valence-electron chi connectivity index (χ2n) is 6.22. The Morgan fingerprint density at radius 2 is 1.90 bits per heavy atom. The van der Waals surface area contributed by atoms with Crippen LogP contribution in [0.1, 0.15) is 50.0 Å². The van der Waals surface area contributed by atoms with Gasteiger partial charge in [0.2, 0.25) is 0 Å². The topological polar surface area (TPSA) is 50.4 Å². The fourth-order valence-electron chi connectivity index (χ4n) is 3.28. The zero-order valence-corrected chi connectivity index (χ0v) is 12.1. The van der Waals surface area contributed by atoms with E-state index in [0.717, 1.165) is 6.54 Å². The molecule has 0 saturated heterocycles. The van der Waals surface area contributed by atoms with Crippen molar-refractivity contribution in [2.45, 2.75) is 50.5 Å². The summed E-state index contributed by atoms with van der Waals surface area (Å²) in [5.74, 6) is 2.03. The zero-order chi connectivity index (χ0) is 13.8. The van der Waals surface area contributed by atoms with E-state index < -0.39 is 0 Å². The van der Waals surface area contributed by atoms with Crippen molar-refractivity contribution < 1.29 is 0 Å². The molecule has 2 aliphatic carbocycles. The number of hydrogen-bond donors (Lipinski definition) is 2. The summed E-state index contributed by atoms with van der Waals surface area (Å²) >= 11 is 0. The molecule has 20 heavy (non-hydrogen) atoms. The third-order valence-electron chi connectivity index (χ3n) is 4.60. The molecule has 3 N–H and O–H groups in total. The van der Waals surface area contributed by atoms with Crippen molar-refractivity contribution in [2.75, 3.05) is 6.54 Å². The molecule has 108 valence electrons. The first kappa shape index (κ1) is 13.5. The Morgan fingerprint density at radius 3 is 2.65 bits per heavy atom. The van der Waals surface area contributed by atoms with Gasteiger partial charge >= 0.3 is 0 Å². The molecule has 0 amide bonds. The molecule has 2 aliphatic rings. The highest BCUT2D eigenvalue weighted by Crippen LogP contribution is 2.47. The van der Waals surface area contributed by atoms with Gasteiger partial charge in [0.15, 0.2) is 5.96 Å². The van der Waals surface area contributed by atoms with E-state index in [4.69, 9.17) is 5.73 Å². The first-order chi connectivity index (χ1) is 9.83. The minimum absolute atomic E-state index is 0.552. The lowest BCUT2D eigenvalue weighted by molar-refractivity contribution is 0.412. The number of aliphatic imine (C=N–C) groups is 1. The predicted octanol–water partition coefficient (Wildman–Crippen LogP) is 3.03. The Kier molecular flexibility index (Phi) is 4.24. The highest BCUT2D eigenvalue weighted by atomic mass is 15.1. The minimum Gasteiger partial charge on any atom is -0.370 e. The van der Waals surface area contributed by atoms with Crippen LogP contribution in [0.5, 0.6) is 0 Å². The van der Waals surface area contributed by atoms with E-state index in [9.17, 15) is 0 Å². The number of hydrogen-bond acceptors (Lipinski definition) is 1. The Morgan fingerprint density at radius 1 is 1.15 bits per heavy atom. The maximum absolute atomic E-state index is 6.00. The summed E-state index contributed by atoms with van der Waals surface area (Å²) in [6.45, 7) is 0.866. The van der Waals surface area contributed by atoms with Crippen molar-refractivity contribution >= 4 is 5.96 Å². The van der Waals surface area contributed by atoms with Crippen LogP contribution < -0.4 is 11.1 Å². The molecule has 1 aromatic rings. The Labute approximate surface area is 121 Å². The zero-order valence-electron chi connectivity index (χ0n) is 12.1. The second kappa shape index (κ2) is 6.29. The summed E-state index contributed by atoms with van der Waals surface area (Å²) in [7, 11) is 0. The number of rotatable bonds is 4. The average Bonchev–Trinajstić information content (AvgIpc) is 3.27. The van der Waals surface area contributed by atoms with Gasteiger partial charge < -0.3 is 11.1 Å². The third kappa shape index (κ3) is 3.53. The molecule has 0 aromatic heterocycles. The Bertz CT molecular complexity index is 449. The summed E-state index contributed by atoms with van der Waals surface area (Å²) < 4.78 is 0. The van der Waals surface area contributed by atoms with Gasteiger partial charge in [-0.3, -0.25) is 4.99 Å². The van der Waals surface area contributed by atoms with Gasteiger partial charge in [-0.05, 0) is 36.7 Å². The standard InChI is InChI=1S/C17H25N3/c18-17(20-15-9-5-2-6-10-15)19-12-14-11-16(14)13-7-3-1-4-8-13/h1,3-4,7-8,14-16H,2,5-6,9-12H2,(H3,18,19,20). The van der Waals surface area contributed by atoms with Crippen LogP contribution in [0, 0.1) is 5.92 Å². The maximum atomic E-state index is 6.00. The van der Waals surface area contributed by atoms with Crippen molar-refractivity contribution in [3.05, 3.63) is 35.9 Å². The van der Waals surface area contributed by atoms with Gasteiger partial charge in [0, 0.05) is 12.6 Å². The largest absolute Gasteiger partial charge is 0.370 e. The van der Waals surface area contributed by atoms with Gasteiger partial charge in [0.05, 0.1) is 0 Å². The minimum atomic E-state index is 0.552. The van der Waals surface area contributed by atoms with E-state index in [2.05, 4.69) is 40.6 Å². The number of benzene rings is 1.